The molecule has 0 bridgehead atoms. The summed E-state index contributed by atoms with van der Waals surface area (Å²) in [5, 5.41) is 0. The maximum atomic E-state index is 6.05. The van der Waals surface area contributed by atoms with Gasteiger partial charge in [-0.25, -0.2) is 0 Å². The molecular weight excluding hydrogens is 200 g/mol. The van der Waals surface area contributed by atoms with Gasteiger partial charge in [0.25, 0.3) is 0 Å². The number of rotatable bonds is 0. The Bertz CT molecular complexity index is 462. The number of hydrogen-bond acceptors (Lipinski definition) is 2. The maximum Gasteiger partial charge on any atom is 0.129 e. The Morgan fingerprint density at radius 1 is 1.19 bits per heavy atom. The topological polar surface area (TPSA) is 18.5 Å². The lowest BCUT2D eigenvalue weighted by molar-refractivity contribution is 0.0463. The van der Waals surface area contributed by atoms with E-state index in [2.05, 4.69) is 39.8 Å². The molecule has 0 aliphatic carbocycles. The lowest BCUT2D eigenvalue weighted by Crippen LogP contribution is -2.43. The van der Waals surface area contributed by atoms with Crippen molar-refractivity contribution in [2.45, 2.75) is 45.1 Å². The minimum atomic E-state index is -0.0953. The maximum absolute atomic E-state index is 6.05. The molecule has 0 aromatic heterocycles. The standard InChI is InChI=1S/C14H18O2/c1-9-5-6-10-11-12(9)15-8-14(11,4)7-13(2,3)16-10/h5-6H,7-8H2,1-4H3. The minimum Gasteiger partial charge on any atom is -0.492 e. The molecule has 0 fully saturated rings. The normalized spacial score (nSPS) is 29.2. The van der Waals surface area contributed by atoms with Crippen molar-refractivity contribution >= 4 is 0 Å². The van der Waals surface area contributed by atoms with Gasteiger partial charge in [-0.05, 0) is 38.8 Å². The van der Waals surface area contributed by atoms with E-state index in [1.807, 2.05) is 0 Å². The van der Waals surface area contributed by atoms with Crippen LogP contribution in [0.5, 0.6) is 11.5 Å². The quantitative estimate of drug-likeness (QED) is 0.665. The Kier molecular flexibility index (Phi) is 1.71. The molecule has 1 aromatic rings. The molecule has 1 atom stereocenters. The van der Waals surface area contributed by atoms with E-state index in [1.165, 1.54) is 11.1 Å². The molecule has 2 nitrogen and oxygen atoms in total. The van der Waals surface area contributed by atoms with Gasteiger partial charge in [-0.1, -0.05) is 13.0 Å². The molecule has 2 heterocycles. The van der Waals surface area contributed by atoms with E-state index in [4.69, 9.17) is 9.47 Å². The summed E-state index contributed by atoms with van der Waals surface area (Å²) in [6.45, 7) is 9.47. The second-order valence-corrected chi connectivity index (χ2v) is 5.97. The first-order valence-corrected chi connectivity index (χ1v) is 5.87. The van der Waals surface area contributed by atoms with Crippen LogP contribution >= 0.6 is 0 Å². The van der Waals surface area contributed by atoms with Crippen LogP contribution in [0.25, 0.3) is 0 Å². The molecular formula is C14H18O2. The fraction of sp³-hybridized carbons (Fsp3) is 0.571. The third-order valence-corrected chi connectivity index (χ3v) is 3.66. The summed E-state index contributed by atoms with van der Waals surface area (Å²) in [6, 6.07) is 4.17. The van der Waals surface area contributed by atoms with Gasteiger partial charge >= 0.3 is 0 Å². The van der Waals surface area contributed by atoms with Gasteiger partial charge in [0, 0.05) is 11.0 Å². The van der Waals surface area contributed by atoms with Crippen LogP contribution in [0, 0.1) is 6.92 Å². The van der Waals surface area contributed by atoms with Crippen LogP contribution in [0.3, 0.4) is 0 Å². The summed E-state index contributed by atoms with van der Waals surface area (Å²) in [4.78, 5) is 0. The monoisotopic (exact) mass is 218 g/mol. The summed E-state index contributed by atoms with van der Waals surface area (Å²) in [6.07, 6.45) is 1.02. The Morgan fingerprint density at radius 3 is 2.69 bits per heavy atom. The van der Waals surface area contributed by atoms with Crippen molar-refractivity contribution in [3.63, 3.8) is 0 Å². The predicted octanol–water partition coefficient (Wildman–Crippen LogP) is 3.21. The summed E-state index contributed by atoms with van der Waals surface area (Å²) in [5.41, 5.74) is 2.53. The first-order chi connectivity index (χ1) is 7.41. The first-order valence-electron chi connectivity index (χ1n) is 5.87. The molecule has 0 radical (unpaired) electrons. The third-order valence-electron chi connectivity index (χ3n) is 3.66. The van der Waals surface area contributed by atoms with Gasteiger partial charge in [0.05, 0.1) is 6.61 Å². The van der Waals surface area contributed by atoms with Gasteiger partial charge in [0.1, 0.15) is 17.1 Å². The van der Waals surface area contributed by atoms with Crippen molar-refractivity contribution in [3.8, 4) is 11.5 Å². The minimum absolute atomic E-state index is 0.0953. The number of benzene rings is 1. The summed E-state index contributed by atoms with van der Waals surface area (Å²) >= 11 is 0. The van der Waals surface area contributed by atoms with Crippen LogP contribution in [0.15, 0.2) is 12.1 Å². The molecule has 1 aromatic carbocycles. The largest absolute Gasteiger partial charge is 0.492 e. The van der Waals surface area contributed by atoms with E-state index in [0.717, 1.165) is 24.5 Å². The van der Waals surface area contributed by atoms with Crippen LogP contribution in [0.1, 0.15) is 38.3 Å². The van der Waals surface area contributed by atoms with Gasteiger partial charge < -0.3 is 9.47 Å². The van der Waals surface area contributed by atoms with Crippen molar-refractivity contribution in [1.29, 1.82) is 0 Å². The van der Waals surface area contributed by atoms with E-state index in [-0.39, 0.29) is 11.0 Å². The zero-order valence-electron chi connectivity index (χ0n) is 10.4. The van der Waals surface area contributed by atoms with Gasteiger partial charge in [-0.2, -0.15) is 0 Å². The van der Waals surface area contributed by atoms with Crippen molar-refractivity contribution in [3.05, 3.63) is 23.3 Å². The van der Waals surface area contributed by atoms with E-state index >= 15 is 0 Å². The van der Waals surface area contributed by atoms with Gasteiger partial charge in [-0.3, -0.25) is 0 Å². The molecule has 2 aliphatic heterocycles. The highest BCUT2D eigenvalue weighted by molar-refractivity contribution is 5.57. The van der Waals surface area contributed by atoms with E-state index < -0.39 is 0 Å². The zero-order chi connectivity index (χ0) is 11.6. The van der Waals surface area contributed by atoms with Crippen LogP contribution in [0.2, 0.25) is 0 Å². The molecule has 2 aliphatic rings. The summed E-state index contributed by atoms with van der Waals surface area (Å²) in [7, 11) is 0. The number of hydrogen-bond donors (Lipinski definition) is 0. The lowest BCUT2D eigenvalue weighted by atomic mass is 9.73. The first kappa shape index (κ1) is 10.0. The van der Waals surface area contributed by atoms with E-state index in [9.17, 15) is 0 Å². The van der Waals surface area contributed by atoms with E-state index in [1.54, 1.807) is 0 Å². The molecule has 0 saturated heterocycles. The number of ether oxygens (including phenoxy) is 2. The predicted molar refractivity (Wildman–Crippen MR) is 63.4 cm³/mol. The Labute approximate surface area is 96.6 Å². The van der Waals surface area contributed by atoms with E-state index in [0.29, 0.717) is 0 Å². The molecule has 86 valence electrons. The smallest absolute Gasteiger partial charge is 0.129 e. The Morgan fingerprint density at radius 2 is 1.94 bits per heavy atom. The highest BCUT2D eigenvalue weighted by Gasteiger charge is 2.48. The van der Waals surface area contributed by atoms with Crippen LogP contribution in [-0.2, 0) is 5.41 Å². The van der Waals surface area contributed by atoms with Crippen LogP contribution in [0.4, 0.5) is 0 Å². The highest BCUT2D eigenvalue weighted by atomic mass is 16.5. The van der Waals surface area contributed by atoms with Crippen LogP contribution < -0.4 is 9.47 Å². The van der Waals surface area contributed by atoms with Gasteiger partial charge in [-0.15, -0.1) is 0 Å². The highest BCUT2D eigenvalue weighted by Crippen LogP contribution is 2.53. The van der Waals surface area contributed by atoms with Gasteiger partial charge in [0.2, 0.25) is 0 Å². The molecule has 0 N–H and O–H groups in total. The molecule has 0 spiro atoms. The summed E-state index contributed by atoms with van der Waals surface area (Å²) in [5.74, 6) is 2.06. The average Bonchev–Trinajstić information content (AvgIpc) is 2.48. The molecule has 0 amide bonds. The summed E-state index contributed by atoms with van der Waals surface area (Å²) < 4.78 is 11.9. The molecule has 3 rings (SSSR count). The Hall–Kier alpha value is -1.18. The fourth-order valence-electron chi connectivity index (χ4n) is 3.23. The SMILES string of the molecule is Cc1ccc2c3c1OCC3(C)CC(C)(C)O2. The second-order valence-electron chi connectivity index (χ2n) is 5.97. The molecule has 2 heteroatoms. The van der Waals surface area contributed by atoms with Crippen molar-refractivity contribution in [2.24, 2.45) is 0 Å². The second kappa shape index (κ2) is 2.73. The van der Waals surface area contributed by atoms with Crippen molar-refractivity contribution < 1.29 is 9.47 Å². The van der Waals surface area contributed by atoms with Gasteiger partial charge in [0.15, 0.2) is 0 Å². The average molecular weight is 218 g/mol. The van der Waals surface area contributed by atoms with Crippen molar-refractivity contribution in [2.75, 3.05) is 6.61 Å². The zero-order valence-corrected chi connectivity index (χ0v) is 10.4. The third kappa shape index (κ3) is 1.19. The fourth-order valence-corrected chi connectivity index (χ4v) is 3.23. The Balaban J connectivity index is 2.25. The van der Waals surface area contributed by atoms with Crippen molar-refractivity contribution in [1.82, 2.24) is 0 Å². The number of aryl methyl sites for hydroxylation is 1. The molecule has 16 heavy (non-hydrogen) atoms. The lowest BCUT2D eigenvalue weighted by Gasteiger charge is -2.40. The van der Waals surface area contributed by atoms with Crippen LogP contribution in [-0.4, -0.2) is 12.2 Å². The molecule has 1 unspecified atom stereocenters. The molecule has 0 saturated carbocycles.